The number of allylic oxidation sites excluding steroid dienone is 5. The van der Waals surface area contributed by atoms with Crippen LogP contribution >= 0.6 is 0 Å². The van der Waals surface area contributed by atoms with Crippen LogP contribution in [0.3, 0.4) is 0 Å². The maximum absolute atomic E-state index is 11.7. The molecular weight excluding hydrogens is 392 g/mol. The molecule has 0 radical (unpaired) electrons. The number of amidine groups is 1. The smallest absolute Gasteiger partial charge is 0.225 e. The highest BCUT2D eigenvalue weighted by Crippen LogP contribution is 2.60. The summed E-state index contributed by atoms with van der Waals surface area (Å²) in [6.07, 6.45) is 14.7. The fourth-order valence-electron chi connectivity index (χ4n) is 5.81. The van der Waals surface area contributed by atoms with Crippen LogP contribution in [0.2, 0.25) is 0 Å². The zero-order valence-electron chi connectivity index (χ0n) is 17.1. The second-order valence-corrected chi connectivity index (χ2v) is 9.25. The Morgan fingerprint density at radius 2 is 2.19 bits per heavy atom. The van der Waals surface area contributed by atoms with Crippen molar-refractivity contribution in [2.24, 2.45) is 22.7 Å². The predicted octanol–water partition coefficient (Wildman–Crippen LogP) is 2.87. The molecule has 0 aromatic carbocycles. The number of carbonyl (C=O) groups excluding carboxylic acids is 1. The largest absolute Gasteiger partial charge is 0.493 e. The van der Waals surface area contributed by atoms with Crippen molar-refractivity contribution in [3.8, 4) is 5.75 Å². The average Bonchev–Trinajstić information content (AvgIpc) is 3.13. The molecule has 1 amide bonds. The lowest BCUT2D eigenvalue weighted by atomic mass is 9.91. The van der Waals surface area contributed by atoms with Crippen LogP contribution in [0.25, 0.3) is 0 Å². The van der Waals surface area contributed by atoms with Crippen molar-refractivity contribution in [1.29, 1.82) is 0 Å². The Labute approximate surface area is 180 Å². The third-order valence-corrected chi connectivity index (χ3v) is 7.40. The summed E-state index contributed by atoms with van der Waals surface area (Å²) in [5.41, 5.74) is 0.975. The van der Waals surface area contributed by atoms with E-state index in [2.05, 4.69) is 33.8 Å². The highest BCUT2D eigenvalue weighted by Gasteiger charge is 2.66. The van der Waals surface area contributed by atoms with Crippen LogP contribution in [0.4, 0.5) is 5.82 Å². The fourth-order valence-corrected chi connectivity index (χ4v) is 5.81. The highest BCUT2D eigenvalue weighted by molar-refractivity contribution is 5.93. The van der Waals surface area contributed by atoms with Crippen molar-refractivity contribution in [3.63, 3.8) is 0 Å². The van der Waals surface area contributed by atoms with Crippen LogP contribution in [-0.4, -0.2) is 34.9 Å². The first kappa shape index (κ1) is 17.6. The van der Waals surface area contributed by atoms with Gasteiger partial charge in [0.2, 0.25) is 5.91 Å². The third-order valence-electron chi connectivity index (χ3n) is 7.40. The van der Waals surface area contributed by atoms with E-state index in [4.69, 9.17) is 14.5 Å². The predicted molar refractivity (Wildman–Crippen MR) is 114 cm³/mol. The van der Waals surface area contributed by atoms with Crippen LogP contribution in [-0.2, 0) is 16.0 Å². The Hall–Kier alpha value is -3.09. The van der Waals surface area contributed by atoms with Crippen molar-refractivity contribution in [2.45, 2.75) is 50.3 Å². The molecule has 158 valence electrons. The van der Waals surface area contributed by atoms with Gasteiger partial charge in [-0.2, -0.15) is 0 Å². The Balaban J connectivity index is 1.07. The number of fused-ring (bicyclic) bond motifs is 5. The van der Waals surface area contributed by atoms with E-state index in [1.54, 1.807) is 6.20 Å². The molecule has 1 saturated carbocycles. The van der Waals surface area contributed by atoms with Gasteiger partial charge in [0, 0.05) is 36.4 Å². The van der Waals surface area contributed by atoms with E-state index in [0.717, 1.165) is 47.9 Å². The SMILES string of the molecule is O=C1CCc2c(OC3=CC=C4OC5C(C6=NC7C=CCCC7N6)C5C4C3)ccnc2N1. The molecule has 2 fully saturated rings. The van der Waals surface area contributed by atoms with Gasteiger partial charge in [-0.3, -0.25) is 9.79 Å². The van der Waals surface area contributed by atoms with E-state index in [1.807, 2.05) is 12.1 Å². The molecule has 2 N–H and O–H groups in total. The summed E-state index contributed by atoms with van der Waals surface area (Å²) in [5, 5.41) is 6.52. The topological polar surface area (TPSA) is 84.8 Å². The third kappa shape index (κ3) is 2.75. The average molecular weight is 416 g/mol. The summed E-state index contributed by atoms with van der Waals surface area (Å²) in [4.78, 5) is 20.9. The van der Waals surface area contributed by atoms with Gasteiger partial charge >= 0.3 is 0 Å². The van der Waals surface area contributed by atoms with Gasteiger partial charge in [-0.15, -0.1) is 0 Å². The first-order valence-corrected chi connectivity index (χ1v) is 11.3. The van der Waals surface area contributed by atoms with Crippen molar-refractivity contribution in [3.05, 3.63) is 53.6 Å². The molecule has 7 nitrogen and oxygen atoms in total. The highest BCUT2D eigenvalue weighted by atomic mass is 16.5. The molecule has 1 aromatic rings. The minimum absolute atomic E-state index is 0.00861. The molecule has 0 spiro atoms. The fraction of sp³-hybridized carbons (Fsp3) is 0.458. The summed E-state index contributed by atoms with van der Waals surface area (Å²) in [5.74, 6) is 5.77. The number of carbonyl (C=O) groups is 1. The van der Waals surface area contributed by atoms with Crippen LogP contribution in [0, 0.1) is 17.8 Å². The lowest BCUT2D eigenvalue weighted by Gasteiger charge is -2.24. The van der Waals surface area contributed by atoms with E-state index in [-0.39, 0.29) is 12.0 Å². The molecule has 31 heavy (non-hydrogen) atoms. The van der Waals surface area contributed by atoms with E-state index < -0.39 is 0 Å². The maximum atomic E-state index is 11.7. The second kappa shape index (κ2) is 6.45. The van der Waals surface area contributed by atoms with Crippen LogP contribution in [0.1, 0.15) is 31.2 Å². The monoisotopic (exact) mass is 416 g/mol. The van der Waals surface area contributed by atoms with E-state index in [9.17, 15) is 4.79 Å². The molecule has 6 atom stereocenters. The summed E-state index contributed by atoms with van der Waals surface area (Å²) >= 11 is 0. The van der Waals surface area contributed by atoms with Gasteiger partial charge in [0.1, 0.15) is 35.0 Å². The molecule has 6 unspecified atom stereocenters. The lowest BCUT2D eigenvalue weighted by molar-refractivity contribution is -0.116. The number of ether oxygens (including phenoxy) is 2. The minimum Gasteiger partial charge on any atom is -0.493 e. The van der Waals surface area contributed by atoms with Crippen LogP contribution < -0.4 is 15.4 Å². The molecular formula is C24H24N4O3. The summed E-state index contributed by atoms with van der Waals surface area (Å²) in [6, 6.07) is 2.64. The van der Waals surface area contributed by atoms with E-state index in [0.29, 0.717) is 48.5 Å². The van der Waals surface area contributed by atoms with Crippen molar-refractivity contribution in [1.82, 2.24) is 10.3 Å². The standard InChI is InChI=1S/C24H24N4O3/c29-19-8-6-13-18(9-10-25-23(13)28-19)30-12-5-7-17-14(11-12)20-21(22(20)31-17)24-26-15-3-1-2-4-16(15)27-24/h1,3,5,7,9-10,14-16,20-22H,2,4,6,8,11H2,(H,26,27)(H,25,28,29). The van der Waals surface area contributed by atoms with Gasteiger partial charge < -0.3 is 20.1 Å². The Morgan fingerprint density at radius 1 is 1.23 bits per heavy atom. The number of nitrogens with zero attached hydrogens (tertiary/aromatic N) is 2. The molecule has 4 heterocycles. The number of amides is 1. The molecule has 0 bridgehead atoms. The number of anilines is 1. The van der Waals surface area contributed by atoms with Crippen molar-refractivity contribution in [2.75, 3.05) is 5.32 Å². The van der Waals surface area contributed by atoms with Crippen LogP contribution in [0.5, 0.6) is 5.75 Å². The van der Waals surface area contributed by atoms with Crippen molar-refractivity contribution >= 4 is 17.6 Å². The van der Waals surface area contributed by atoms with Gasteiger partial charge in [-0.25, -0.2) is 4.98 Å². The number of hydrogen-bond donors (Lipinski definition) is 2. The summed E-state index contributed by atoms with van der Waals surface area (Å²) < 4.78 is 12.6. The molecule has 1 aromatic heterocycles. The van der Waals surface area contributed by atoms with Gasteiger partial charge in [-0.05, 0) is 37.5 Å². The molecule has 7 rings (SSSR count). The van der Waals surface area contributed by atoms with Crippen LogP contribution in [0.15, 0.2) is 53.1 Å². The Kier molecular flexibility index (Phi) is 3.66. The molecule has 6 aliphatic rings. The van der Waals surface area contributed by atoms with Gasteiger partial charge in [0.05, 0.1) is 18.0 Å². The summed E-state index contributed by atoms with van der Waals surface area (Å²) in [6.45, 7) is 0. The number of hydrogen-bond acceptors (Lipinski definition) is 6. The zero-order chi connectivity index (χ0) is 20.5. The lowest BCUT2D eigenvalue weighted by Crippen LogP contribution is -2.36. The Morgan fingerprint density at radius 3 is 3.13 bits per heavy atom. The molecule has 3 aliphatic heterocycles. The second-order valence-electron chi connectivity index (χ2n) is 9.25. The van der Waals surface area contributed by atoms with E-state index in [1.165, 1.54) is 0 Å². The van der Waals surface area contributed by atoms with Gasteiger partial charge in [0.25, 0.3) is 0 Å². The summed E-state index contributed by atoms with van der Waals surface area (Å²) in [7, 11) is 0. The normalized spacial score (nSPS) is 36.4. The molecule has 7 heteroatoms. The van der Waals surface area contributed by atoms with Crippen molar-refractivity contribution < 1.29 is 14.3 Å². The number of aromatic nitrogens is 1. The minimum atomic E-state index is 0.00861. The maximum Gasteiger partial charge on any atom is 0.225 e. The number of rotatable bonds is 3. The van der Waals surface area contributed by atoms with Gasteiger partial charge in [-0.1, -0.05) is 12.2 Å². The number of nitrogens with one attached hydrogen (secondary N) is 2. The molecule has 3 aliphatic carbocycles. The first-order chi connectivity index (χ1) is 15.2. The van der Waals surface area contributed by atoms with Gasteiger partial charge in [0.15, 0.2) is 0 Å². The van der Waals surface area contributed by atoms with E-state index >= 15 is 0 Å². The quantitative estimate of drug-likeness (QED) is 0.741. The zero-order valence-corrected chi connectivity index (χ0v) is 17.1. The Bertz CT molecular complexity index is 1100. The number of aliphatic imine (C=N–C) groups is 1. The number of pyridine rings is 1. The first-order valence-electron chi connectivity index (χ1n) is 11.3. The molecule has 1 saturated heterocycles.